The van der Waals surface area contributed by atoms with Gasteiger partial charge < -0.3 is 4.74 Å². The Morgan fingerprint density at radius 2 is 1.95 bits per heavy atom. The average molecular weight is 269 g/mol. The summed E-state index contributed by atoms with van der Waals surface area (Å²) < 4.78 is 5.13. The van der Waals surface area contributed by atoms with Crippen LogP contribution in [0.1, 0.15) is 16.2 Å². The molecule has 0 atom stereocenters. The van der Waals surface area contributed by atoms with Crippen molar-refractivity contribution in [3.8, 4) is 5.75 Å². The normalized spacial score (nSPS) is 13.6. The van der Waals surface area contributed by atoms with Crippen LogP contribution in [-0.2, 0) is 11.3 Å². The van der Waals surface area contributed by atoms with Gasteiger partial charge in [-0.25, -0.2) is 9.97 Å². The number of rotatable bonds is 3. The van der Waals surface area contributed by atoms with E-state index in [4.69, 9.17) is 4.74 Å². The van der Waals surface area contributed by atoms with Gasteiger partial charge in [-0.3, -0.25) is 14.5 Å². The molecule has 1 aromatic heterocycles. The van der Waals surface area contributed by atoms with Crippen molar-refractivity contribution >= 4 is 17.4 Å². The molecular weight excluding hydrogens is 258 g/mol. The lowest BCUT2D eigenvalue weighted by molar-refractivity contribution is -0.114. The van der Waals surface area contributed by atoms with Crippen molar-refractivity contribution in [1.82, 2.24) is 9.97 Å². The molecule has 0 fully saturated rings. The Kier molecular flexibility index (Phi) is 2.90. The van der Waals surface area contributed by atoms with Gasteiger partial charge in [0.05, 0.1) is 24.9 Å². The van der Waals surface area contributed by atoms with Crippen LogP contribution in [0.15, 0.2) is 36.7 Å². The molecule has 20 heavy (non-hydrogen) atoms. The van der Waals surface area contributed by atoms with Gasteiger partial charge in [0.1, 0.15) is 11.6 Å². The molecular formula is C14H11N3O3. The van der Waals surface area contributed by atoms with Gasteiger partial charge in [0.25, 0.3) is 11.7 Å². The van der Waals surface area contributed by atoms with Crippen molar-refractivity contribution in [1.29, 1.82) is 0 Å². The van der Waals surface area contributed by atoms with Crippen molar-refractivity contribution in [2.75, 3.05) is 12.0 Å². The molecule has 6 nitrogen and oxygen atoms in total. The van der Waals surface area contributed by atoms with Crippen molar-refractivity contribution in [3.05, 3.63) is 48.0 Å². The molecule has 0 radical (unpaired) electrons. The number of benzene rings is 1. The van der Waals surface area contributed by atoms with Gasteiger partial charge in [-0.05, 0) is 18.2 Å². The Bertz CT molecular complexity index is 685. The highest BCUT2D eigenvalue weighted by atomic mass is 16.5. The van der Waals surface area contributed by atoms with Crippen LogP contribution in [0.2, 0.25) is 0 Å². The lowest BCUT2D eigenvalue weighted by Crippen LogP contribution is -2.29. The lowest BCUT2D eigenvalue weighted by Gasteiger charge is -2.15. The van der Waals surface area contributed by atoms with Gasteiger partial charge in [0.15, 0.2) is 0 Å². The second-order valence-electron chi connectivity index (χ2n) is 4.27. The number of ether oxygens (including phenoxy) is 1. The smallest absolute Gasteiger partial charge is 0.299 e. The summed E-state index contributed by atoms with van der Waals surface area (Å²) >= 11 is 0. The van der Waals surface area contributed by atoms with Gasteiger partial charge >= 0.3 is 0 Å². The number of hydrogen-bond acceptors (Lipinski definition) is 5. The molecule has 0 N–H and O–H groups in total. The third-order valence-electron chi connectivity index (χ3n) is 3.10. The van der Waals surface area contributed by atoms with Gasteiger partial charge in [-0.2, -0.15) is 0 Å². The zero-order chi connectivity index (χ0) is 14.1. The number of ketones is 1. The predicted octanol–water partition coefficient (Wildman–Crippen LogP) is 1.21. The molecule has 0 aliphatic carbocycles. The molecule has 1 aliphatic heterocycles. The zero-order valence-electron chi connectivity index (χ0n) is 10.7. The summed E-state index contributed by atoms with van der Waals surface area (Å²) in [5, 5.41) is 0. The summed E-state index contributed by atoms with van der Waals surface area (Å²) in [6.07, 6.45) is 3.19. The van der Waals surface area contributed by atoms with E-state index < -0.39 is 11.7 Å². The highest BCUT2D eigenvalue weighted by Gasteiger charge is 2.36. The maximum Gasteiger partial charge on any atom is 0.299 e. The largest absolute Gasteiger partial charge is 0.497 e. The van der Waals surface area contributed by atoms with Crippen LogP contribution in [0.3, 0.4) is 0 Å². The number of nitrogens with zero attached hydrogens (tertiary/aromatic N) is 3. The van der Waals surface area contributed by atoms with Crippen molar-refractivity contribution in [2.45, 2.75) is 6.54 Å². The molecule has 0 saturated heterocycles. The molecule has 100 valence electrons. The van der Waals surface area contributed by atoms with Crippen LogP contribution >= 0.6 is 0 Å². The second-order valence-corrected chi connectivity index (χ2v) is 4.27. The first-order valence-corrected chi connectivity index (χ1v) is 6.01. The molecule has 1 aromatic carbocycles. The van der Waals surface area contributed by atoms with E-state index in [1.54, 1.807) is 36.7 Å². The topological polar surface area (TPSA) is 72.4 Å². The van der Waals surface area contributed by atoms with E-state index in [-0.39, 0.29) is 6.54 Å². The van der Waals surface area contributed by atoms with Crippen molar-refractivity contribution in [3.63, 3.8) is 0 Å². The Balaban J connectivity index is 2.00. The minimum absolute atomic E-state index is 0.158. The fraction of sp³-hybridized carbons (Fsp3) is 0.143. The first-order chi connectivity index (χ1) is 9.70. The molecule has 0 saturated carbocycles. The summed E-state index contributed by atoms with van der Waals surface area (Å²) in [7, 11) is 1.53. The number of hydrogen-bond donors (Lipinski definition) is 0. The van der Waals surface area contributed by atoms with Crippen LogP contribution < -0.4 is 9.64 Å². The van der Waals surface area contributed by atoms with Gasteiger partial charge in [-0.15, -0.1) is 0 Å². The zero-order valence-corrected chi connectivity index (χ0v) is 10.7. The highest BCUT2D eigenvalue weighted by Crippen LogP contribution is 2.33. The van der Waals surface area contributed by atoms with E-state index >= 15 is 0 Å². The Labute approximate surface area is 115 Å². The second kappa shape index (κ2) is 4.73. The minimum atomic E-state index is -0.569. The fourth-order valence-corrected chi connectivity index (χ4v) is 2.11. The Morgan fingerprint density at radius 3 is 2.65 bits per heavy atom. The van der Waals surface area contributed by atoms with Crippen LogP contribution in [0.25, 0.3) is 0 Å². The summed E-state index contributed by atoms with van der Waals surface area (Å²) in [6.45, 7) is 0.158. The summed E-state index contributed by atoms with van der Waals surface area (Å²) in [5.74, 6) is -0.0196. The molecule has 2 aromatic rings. The third-order valence-corrected chi connectivity index (χ3v) is 3.10. The molecule has 0 unspecified atom stereocenters. The SMILES string of the molecule is COc1ccc2c(c1)N(Cc1ncccn1)C(=O)C2=O. The number of fused-ring (bicyclic) bond motifs is 1. The van der Waals surface area contributed by atoms with E-state index in [0.717, 1.165) is 0 Å². The molecule has 0 spiro atoms. The number of carbonyl (C=O) groups is 2. The van der Waals surface area contributed by atoms with Crippen molar-refractivity contribution in [2.24, 2.45) is 0 Å². The Hall–Kier alpha value is -2.76. The number of methoxy groups -OCH3 is 1. The number of Topliss-reactive ketones (excluding diaryl/α,β-unsaturated/α-hetero) is 1. The van der Waals surface area contributed by atoms with Gasteiger partial charge in [-0.1, -0.05) is 0 Å². The number of aromatic nitrogens is 2. The number of carbonyl (C=O) groups excluding carboxylic acids is 2. The van der Waals surface area contributed by atoms with E-state index in [1.807, 2.05) is 0 Å². The predicted molar refractivity (Wildman–Crippen MR) is 70.5 cm³/mol. The molecule has 1 amide bonds. The fourth-order valence-electron chi connectivity index (χ4n) is 2.11. The van der Waals surface area contributed by atoms with Crippen LogP contribution in [0, 0.1) is 0 Å². The molecule has 6 heteroatoms. The monoisotopic (exact) mass is 269 g/mol. The van der Waals surface area contributed by atoms with E-state index in [9.17, 15) is 9.59 Å². The maximum atomic E-state index is 12.0. The number of amides is 1. The summed E-state index contributed by atoms with van der Waals surface area (Å²) in [5.41, 5.74) is 0.915. The Morgan fingerprint density at radius 1 is 1.20 bits per heavy atom. The van der Waals surface area contributed by atoms with E-state index in [1.165, 1.54) is 12.0 Å². The first-order valence-electron chi connectivity index (χ1n) is 6.01. The molecule has 3 rings (SSSR count). The number of anilines is 1. The highest BCUT2D eigenvalue weighted by molar-refractivity contribution is 6.52. The van der Waals surface area contributed by atoms with E-state index in [0.29, 0.717) is 22.8 Å². The summed E-state index contributed by atoms with van der Waals surface area (Å²) in [6, 6.07) is 6.62. The quantitative estimate of drug-likeness (QED) is 0.783. The van der Waals surface area contributed by atoms with Gasteiger partial charge in [0, 0.05) is 18.5 Å². The van der Waals surface area contributed by atoms with Gasteiger partial charge in [0.2, 0.25) is 0 Å². The molecule has 2 heterocycles. The molecule has 1 aliphatic rings. The van der Waals surface area contributed by atoms with Crippen LogP contribution in [0.5, 0.6) is 5.75 Å². The standard InChI is InChI=1S/C14H11N3O3/c1-20-9-3-4-10-11(7-9)17(14(19)13(10)18)8-12-15-5-2-6-16-12/h2-7H,8H2,1H3. The van der Waals surface area contributed by atoms with E-state index in [2.05, 4.69) is 9.97 Å². The maximum absolute atomic E-state index is 12.0. The lowest BCUT2D eigenvalue weighted by atomic mass is 10.1. The first kappa shape index (κ1) is 12.3. The minimum Gasteiger partial charge on any atom is -0.497 e. The summed E-state index contributed by atoms with van der Waals surface area (Å²) in [4.78, 5) is 33.5. The van der Waals surface area contributed by atoms with Crippen LogP contribution in [0.4, 0.5) is 5.69 Å². The van der Waals surface area contributed by atoms with Crippen LogP contribution in [-0.4, -0.2) is 28.8 Å². The average Bonchev–Trinajstić information content (AvgIpc) is 2.73. The third kappa shape index (κ3) is 1.91. The van der Waals surface area contributed by atoms with Crippen molar-refractivity contribution < 1.29 is 14.3 Å². The molecule has 0 bridgehead atoms.